The Morgan fingerprint density at radius 1 is 1.42 bits per heavy atom. The number of nitrogens with one attached hydrogen (secondary N) is 1. The minimum absolute atomic E-state index is 0.232. The number of aliphatic carboxylic acids is 1. The minimum atomic E-state index is -1.09. The van der Waals surface area contributed by atoms with Crippen molar-refractivity contribution in [3.05, 3.63) is 24.0 Å². The van der Waals surface area contributed by atoms with Crippen LogP contribution in [0, 0.1) is 17.7 Å². The third-order valence-electron chi connectivity index (χ3n) is 4.32. The van der Waals surface area contributed by atoms with Crippen molar-refractivity contribution < 1.29 is 28.6 Å². The van der Waals surface area contributed by atoms with E-state index in [9.17, 15) is 14.0 Å². The Hall–Kier alpha value is -2.15. The highest BCUT2D eigenvalue weighted by atomic mass is 19.1. The summed E-state index contributed by atoms with van der Waals surface area (Å²) in [5.41, 5.74) is 0.232. The Bertz CT molecular complexity index is 646. The molecule has 3 rings (SSSR count). The first-order valence-electron chi connectivity index (χ1n) is 8.05. The van der Waals surface area contributed by atoms with Crippen LogP contribution in [-0.4, -0.2) is 35.8 Å². The van der Waals surface area contributed by atoms with Crippen LogP contribution in [0.4, 0.5) is 10.1 Å². The van der Waals surface area contributed by atoms with Crippen molar-refractivity contribution in [3.8, 4) is 5.75 Å². The molecule has 130 valence electrons. The van der Waals surface area contributed by atoms with Crippen LogP contribution >= 0.6 is 0 Å². The lowest BCUT2D eigenvalue weighted by atomic mass is 10.0. The van der Waals surface area contributed by atoms with Crippen LogP contribution in [0.25, 0.3) is 0 Å². The van der Waals surface area contributed by atoms with Gasteiger partial charge in [0.15, 0.2) is 6.10 Å². The first kappa shape index (κ1) is 16.7. The lowest BCUT2D eigenvalue weighted by molar-refractivity contribution is -0.152. The van der Waals surface area contributed by atoms with Gasteiger partial charge in [0.25, 0.3) is 5.91 Å². The van der Waals surface area contributed by atoms with Crippen LogP contribution < -0.4 is 10.1 Å². The van der Waals surface area contributed by atoms with Crippen LogP contribution in [0.3, 0.4) is 0 Å². The molecule has 1 aromatic rings. The molecule has 0 aromatic heterocycles. The molecule has 6 nitrogen and oxygen atoms in total. The summed E-state index contributed by atoms with van der Waals surface area (Å²) in [6.45, 7) is 2.25. The molecule has 2 fully saturated rings. The highest BCUT2D eigenvalue weighted by molar-refractivity contribution is 5.96. The first-order valence-corrected chi connectivity index (χ1v) is 8.05. The van der Waals surface area contributed by atoms with Gasteiger partial charge in [-0.05, 0) is 43.2 Å². The number of amides is 1. The molecule has 0 unspecified atom stereocenters. The van der Waals surface area contributed by atoms with E-state index in [0.717, 1.165) is 12.8 Å². The third-order valence-corrected chi connectivity index (χ3v) is 4.32. The van der Waals surface area contributed by atoms with Crippen molar-refractivity contribution in [1.29, 1.82) is 0 Å². The van der Waals surface area contributed by atoms with Crippen molar-refractivity contribution in [3.63, 3.8) is 0 Å². The minimum Gasteiger partial charge on any atom is -0.491 e. The summed E-state index contributed by atoms with van der Waals surface area (Å²) in [6.07, 6.45) is 0.663. The van der Waals surface area contributed by atoms with Gasteiger partial charge in [0, 0.05) is 6.07 Å². The van der Waals surface area contributed by atoms with Gasteiger partial charge in [-0.25, -0.2) is 9.18 Å². The van der Waals surface area contributed by atoms with Gasteiger partial charge in [-0.1, -0.05) is 6.92 Å². The van der Waals surface area contributed by atoms with Crippen molar-refractivity contribution in [2.45, 2.75) is 38.4 Å². The fraction of sp³-hybridized carbons (Fsp3) is 0.529. The molecule has 24 heavy (non-hydrogen) atoms. The van der Waals surface area contributed by atoms with Gasteiger partial charge in [-0.3, -0.25) is 4.79 Å². The second-order valence-corrected chi connectivity index (χ2v) is 6.48. The molecular formula is C17H20FNO5. The maximum absolute atomic E-state index is 13.5. The molecule has 2 N–H and O–H groups in total. The highest BCUT2D eigenvalue weighted by Crippen LogP contribution is 2.33. The Morgan fingerprint density at radius 3 is 2.79 bits per heavy atom. The van der Waals surface area contributed by atoms with E-state index in [4.69, 9.17) is 14.6 Å². The molecule has 2 aliphatic rings. The van der Waals surface area contributed by atoms with Gasteiger partial charge in [0.1, 0.15) is 17.7 Å². The maximum atomic E-state index is 13.5. The second-order valence-electron chi connectivity index (χ2n) is 6.48. The summed E-state index contributed by atoms with van der Waals surface area (Å²) in [6, 6.07) is 3.94. The van der Waals surface area contributed by atoms with Crippen LogP contribution in [0.2, 0.25) is 0 Å². The molecule has 1 aromatic carbocycles. The first-order chi connectivity index (χ1) is 11.4. The number of benzene rings is 1. The van der Waals surface area contributed by atoms with E-state index < -0.39 is 29.9 Å². The molecule has 7 heteroatoms. The SMILES string of the molecule is C[C@@H]1C[C@H](C(=O)Nc2cc(F)ccc2OCC2CC2)O[C@H]1C(=O)O. The van der Waals surface area contributed by atoms with Crippen LogP contribution in [0.1, 0.15) is 26.2 Å². The molecule has 1 aliphatic heterocycles. The summed E-state index contributed by atoms with van der Waals surface area (Å²) in [7, 11) is 0. The average Bonchev–Trinajstić information content (AvgIpc) is 3.26. The number of hydrogen-bond acceptors (Lipinski definition) is 4. The summed E-state index contributed by atoms with van der Waals surface area (Å²) in [4.78, 5) is 23.4. The smallest absolute Gasteiger partial charge is 0.333 e. The van der Waals surface area contributed by atoms with E-state index >= 15 is 0 Å². The molecular weight excluding hydrogens is 317 g/mol. The number of hydrogen-bond donors (Lipinski definition) is 2. The van der Waals surface area contributed by atoms with E-state index in [1.54, 1.807) is 6.92 Å². The number of halogens is 1. The molecule has 0 spiro atoms. The molecule has 1 amide bonds. The predicted octanol–water partition coefficient (Wildman–Crippen LogP) is 2.43. The number of carbonyl (C=O) groups is 2. The molecule has 0 bridgehead atoms. The summed E-state index contributed by atoms with van der Waals surface area (Å²) in [5.74, 6) is -1.42. The average molecular weight is 337 g/mol. The number of carboxylic acid groups (broad SMARTS) is 1. The molecule has 0 radical (unpaired) electrons. The molecule has 1 heterocycles. The second kappa shape index (κ2) is 6.76. The largest absolute Gasteiger partial charge is 0.491 e. The van der Waals surface area contributed by atoms with Crippen molar-refractivity contribution >= 4 is 17.6 Å². The zero-order valence-corrected chi connectivity index (χ0v) is 13.3. The number of carboxylic acids is 1. The van der Waals surface area contributed by atoms with Crippen molar-refractivity contribution in [2.24, 2.45) is 11.8 Å². The van der Waals surface area contributed by atoms with Gasteiger partial charge < -0.3 is 19.9 Å². The Balaban J connectivity index is 1.67. The van der Waals surface area contributed by atoms with Crippen molar-refractivity contribution in [1.82, 2.24) is 0 Å². The third kappa shape index (κ3) is 3.84. The molecule has 1 saturated heterocycles. The lowest BCUT2D eigenvalue weighted by Gasteiger charge is -2.15. The van der Waals surface area contributed by atoms with Gasteiger partial charge in [-0.2, -0.15) is 0 Å². The molecule has 3 atom stereocenters. The number of rotatable bonds is 6. The highest BCUT2D eigenvalue weighted by Gasteiger charge is 2.40. The fourth-order valence-corrected chi connectivity index (χ4v) is 2.73. The monoisotopic (exact) mass is 337 g/mol. The van der Waals surface area contributed by atoms with Crippen LogP contribution in [0.5, 0.6) is 5.75 Å². The molecule has 1 aliphatic carbocycles. The summed E-state index contributed by atoms with van der Waals surface area (Å²) >= 11 is 0. The Kier molecular flexibility index (Phi) is 4.71. The normalized spacial score (nSPS) is 26.2. The standard InChI is InChI=1S/C17H20FNO5/c1-9-6-14(24-15(9)17(21)22)16(20)19-12-7-11(18)4-5-13(12)23-8-10-2-3-10/h4-5,7,9-10,14-15H,2-3,6,8H2,1H3,(H,19,20)(H,21,22)/t9-,14-,15-/m1/s1. The maximum Gasteiger partial charge on any atom is 0.333 e. The van der Waals surface area contributed by atoms with E-state index in [1.807, 2.05) is 0 Å². The van der Waals surface area contributed by atoms with E-state index in [-0.39, 0.29) is 11.6 Å². The van der Waals surface area contributed by atoms with Gasteiger partial charge in [0.05, 0.1) is 12.3 Å². The molecule has 1 saturated carbocycles. The fourth-order valence-electron chi connectivity index (χ4n) is 2.73. The zero-order chi connectivity index (χ0) is 17.3. The summed E-state index contributed by atoms with van der Waals surface area (Å²) in [5, 5.41) is 11.7. The van der Waals surface area contributed by atoms with E-state index in [2.05, 4.69) is 5.32 Å². The summed E-state index contributed by atoms with van der Waals surface area (Å²) < 4.78 is 24.4. The Labute approximate surface area is 138 Å². The van der Waals surface area contributed by atoms with Gasteiger partial charge in [-0.15, -0.1) is 0 Å². The predicted molar refractivity (Wildman–Crippen MR) is 83.3 cm³/mol. The van der Waals surface area contributed by atoms with E-state index in [0.29, 0.717) is 24.7 Å². The lowest BCUT2D eigenvalue weighted by Crippen LogP contribution is -2.30. The Morgan fingerprint density at radius 2 is 2.17 bits per heavy atom. The van der Waals surface area contributed by atoms with Gasteiger partial charge in [0.2, 0.25) is 0 Å². The van der Waals surface area contributed by atoms with Crippen LogP contribution in [-0.2, 0) is 14.3 Å². The van der Waals surface area contributed by atoms with Crippen molar-refractivity contribution in [2.75, 3.05) is 11.9 Å². The quantitative estimate of drug-likeness (QED) is 0.833. The number of anilines is 1. The zero-order valence-electron chi connectivity index (χ0n) is 13.3. The van der Waals surface area contributed by atoms with Crippen LogP contribution in [0.15, 0.2) is 18.2 Å². The number of ether oxygens (including phenoxy) is 2. The number of carbonyl (C=O) groups excluding carboxylic acids is 1. The van der Waals surface area contributed by atoms with Gasteiger partial charge >= 0.3 is 5.97 Å². The van der Waals surface area contributed by atoms with E-state index in [1.165, 1.54) is 18.2 Å². The topological polar surface area (TPSA) is 84.9 Å².